The number of carbonyl (C=O) groups excluding carboxylic acids is 1. The molecule has 0 heterocycles. The summed E-state index contributed by atoms with van der Waals surface area (Å²) in [5.74, 6) is 1.84. The van der Waals surface area contributed by atoms with E-state index in [1.807, 2.05) is 6.92 Å². The van der Waals surface area contributed by atoms with Crippen molar-refractivity contribution in [3.05, 3.63) is 12.2 Å². The average Bonchev–Trinajstić information content (AvgIpc) is 2.78. The Morgan fingerprint density at radius 1 is 1.50 bits per heavy atom. The largest absolute Gasteiger partial charge is 0.350 e. The molecule has 2 aliphatic rings. The van der Waals surface area contributed by atoms with Gasteiger partial charge in [-0.25, -0.2) is 0 Å². The maximum Gasteiger partial charge on any atom is 0.243 e. The van der Waals surface area contributed by atoms with Crippen LogP contribution in [0.5, 0.6) is 0 Å². The summed E-state index contributed by atoms with van der Waals surface area (Å²) < 4.78 is 0. The molecule has 2 aliphatic carbocycles. The number of hydrogen-bond acceptors (Lipinski definition) is 1. The molecule has 12 heavy (non-hydrogen) atoms. The zero-order valence-electron chi connectivity index (χ0n) is 7.42. The first-order valence-corrected chi connectivity index (χ1v) is 4.74. The van der Waals surface area contributed by atoms with Crippen molar-refractivity contribution in [1.29, 1.82) is 0 Å². The van der Waals surface area contributed by atoms with Gasteiger partial charge >= 0.3 is 0 Å². The monoisotopic (exact) mass is 165 g/mol. The lowest BCUT2D eigenvalue weighted by atomic mass is 10.3. The van der Waals surface area contributed by atoms with Gasteiger partial charge in [0.15, 0.2) is 0 Å². The van der Waals surface area contributed by atoms with Gasteiger partial charge in [0, 0.05) is 6.04 Å². The molecule has 1 amide bonds. The summed E-state index contributed by atoms with van der Waals surface area (Å²) >= 11 is 0. The summed E-state index contributed by atoms with van der Waals surface area (Å²) in [4.78, 5) is 11.1. The fraction of sp³-hybridized carbons (Fsp3) is 0.700. The van der Waals surface area contributed by atoms with E-state index >= 15 is 0 Å². The van der Waals surface area contributed by atoms with Crippen LogP contribution in [0, 0.1) is 11.8 Å². The third kappa shape index (κ3) is 1.68. The molecule has 0 aromatic heterocycles. The highest BCUT2D eigenvalue weighted by atomic mass is 16.1. The summed E-state index contributed by atoms with van der Waals surface area (Å²) in [7, 11) is 0. The van der Waals surface area contributed by atoms with Gasteiger partial charge in [0.1, 0.15) is 0 Å². The van der Waals surface area contributed by atoms with Gasteiger partial charge in [-0.15, -0.1) is 0 Å². The van der Waals surface area contributed by atoms with E-state index in [4.69, 9.17) is 0 Å². The van der Waals surface area contributed by atoms with Crippen molar-refractivity contribution in [2.45, 2.75) is 32.2 Å². The molecule has 66 valence electrons. The minimum absolute atomic E-state index is 0.0747. The van der Waals surface area contributed by atoms with E-state index in [-0.39, 0.29) is 5.91 Å². The predicted octanol–water partition coefficient (Wildman–Crippen LogP) is 1.48. The van der Waals surface area contributed by atoms with Crippen LogP contribution in [0.25, 0.3) is 0 Å². The smallest absolute Gasteiger partial charge is 0.243 e. The van der Waals surface area contributed by atoms with Gasteiger partial charge in [-0.2, -0.15) is 0 Å². The molecule has 2 atom stereocenters. The van der Waals surface area contributed by atoms with Crippen LogP contribution in [0.2, 0.25) is 0 Å². The van der Waals surface area contributed by atoms with Crippen molar-refractivity contribution in [2.75, 3.05) is 0 Å². The van der Waals surface area contributed by atoms with Crippen molar-refractivity contribution in [3.8, 4) is 0 Å². The van der Waals surface area contributed by atoms with Crippen LogP contribution in [0.4, 0.5) is 0 Å². The molecular weight excluding hydrogens is 150 g/mol. The van der Waals surface area contributed by atoms with Gasteiger partial charge in [0.05, 0.1) is 0 Å². The van der Waals surface area contributed by atoms with Crippen molar-refractivity contribution in [2.24, 2.45) is 11.8 Å². The Hall–Kier alpha value is -0.790. The van der Waals surface area contributed by atoms with Gasteiger partial charge in [-0.05, 0) is 44.1 Å². The van der Waals surface area contributed by atoms with Crippen molar-refractivity contribution >= 4 is 5.91 Å². The van der Waals surface area contributed by atoms with Crippen molar-refractivity contribution in [1.82, 2.24) is 5.32 Å². The van der Waals surface area contributed by atoms with E-state index in [2.05, 4.69) is 5.32 Å². The molecule has 0 saturated heterocycles. The maximum atomic E-state index is 11.1. The fourth-order valence-corrected chi connectivity index (χ4v) is 1.81. The van der Waals surface area contributed by atoms with Crippen LogP contribution in [-0.2, 0) is 4.79 Å². The summed E-state index contributed by atoms with van der Waals surface area (Å²) in [5.41, 5.74) is 0. The number of nitrogens with one attached hydrogen (secondary N) is 1. The summed E-state index contributed by atoms with van der Waals surface area (Å²) in [6.07, 6.45) is 7.38. The Labute approximate surface area is 73.0 Å². The molecule has 2 unspecified atom stereocenters. The van der Waals surface area contributed by atoms with E-state index < -0.39 is 0 Å². The SMILES string of the molecule is C/C=C/C(=O)NC1CC1C1CC1. The van der Waals surface area contributed by atoms with E-state index in [1.165, 1.54) is 19.3 Å². The first kappa shape index (κ1) is 7.84. The second-order valence-electron chi connectivity index (χ2n) is 3.85. The zero-order chi connectivity index (χ0) is 8.55. The van der Waals surface area contributed by atoms with E-state index in [9.17, 15) is 4.79 Å². The molecule has 2 heteroatoms. The summed E-state index contributed by atoms with van der Waals surface area (Å²) in [6, 6.07) is 0.501. The van der Waals surface area contributed by atoms with E-state index in [1.54, 1.807) is 12.2 Å². The standard InChI is InChI=1S/C10H15NO/c1-2-3-10(12)11-9-6-8(9)7-4-5-7/h2-3,7-9H,4-6H2,1H3,(H,11,12)/b3-2+. The number of rotatable bonds is 3. The molecule has 2 nitrogen and oxygen atoms in total. The molecule has 2 fully saturated rings. The molecule has 0 spiro atoms. The Morgan fingerprint density at radius 3 is 2.83 bits per heavy atom. The van der Waals surface area contributed by atoms with Crippen LogP contribution in [-0.4, -0.2) is 11.9 Å². The number of hydrogen-bond donors (Lipinski definition) is 1. The molecular formula is C10H15NO. The Bertz CT molecular complexity index is 218. The van der Waals surface area contributed by atoms with Crippen LogP contribution < -0.4 is 5.32 Å². The molecule has 0 aromatic carbocycles. The molecule has 0 aromatic rings. The molecule has 1 N–H and O–H groups in total. The second-order valence-corrected chi connectivity index (χ2v) is 3.85. The maximum absolute atomic E-state index is 11.1. The van der Waals surface area contributed by atoms with Crippen molar-refractivity contribution < 1.29 is 4.79 Å². The third-order valence-corrected chi connectivity index (χ3v) is 2.71. The molecule has 0 aliphatic heterocycles. The summed E-state index contributed by atoms with van der Waals surface area (Å²) in [5, 5.41) is 3.00. The van der Waals surface area contributed by atoms with Crippen LogP contribution >= 0.6 is 0 Å². The topological polar surface area (TPSA) is 29.1 Å². The second kappa shape index (κ2) is 2.92. The number of carbonyl (C=O) groups is 1. The normalized spacial score (nSPS) is 33.8. The number of amides is 1. The van der Waals surface area contributed by atoms with Crippen LogP contribution in [0.3, 0.4) is 0 Å². The minimum atomic E-state index is 0.0747. The highest BCUT2D eigenvalue weighted by Gasteiger charge is 2.47. The molecule has 2 saturated carbocycles. The van der Waals surface area contributed by atoms with Crippen molar-refractivity contribution in [3.63, 3.8) is 0 Å². The fourth-order valence-electron chi connectivity index (χ4n) is 1.81. The van der Waals surface area contributed by atoms with Gasteiger partial charge in [-0.1, -0.05) is 6.08 Å². The first-order valence-electron chi connectivity index (χ1n) is 4.74. The van der Waals surface area contributed by atoms with Gasteiger partial charge < -0.3 is 5.32 Å². The molecule has 2 rings (SSSR count). The van der Waals surface area contributed by atoms with Gasteiger partial charge in [0.25, 0.3) is 0 Å². The predicted molar refractivity (Wildman–Crippen MR) is 47.6 cm³/mol. The van der Waals surface area contributed by atoms with Crippen LogP contribution in [0.15, 0.2) is 12.2 Å². The van der Waals surface area contributed by atoms with Gasteiger partial charge in [0.2, 0.25) is 5.91 Å². The number of allylic oxidation sites excluding steroid dienone is 1. The molecule has 0 bridgehead atoms. The highest BCUT2D eigenvalue weighted by Crippen LogP contribution is 2.49. The minimum Gasteiger partial charge on any atom is -0.350 e. The Morgan fingerprint density at radius 2 is 2.25 bits per heavy atom. The van der Waals surface area contributed by atoms with Gasteiger partial charge in [-0.3, -0.25) is 4.79 Å². The Kier molecular flexibility index (Phi) is 1.91. The highest BCUT2D eigenvalue weighted by molar-refractivity contribution is 5.87. The Balaban J connectivity index is 1.71. The first-order chi connectivity index (χ1) is 5.81. The lowest BCUT2D eigenvalue weighted by Crippen LogP contribution is -2.24. The third-order valence-electron chi connectivity index (χ3n) is 2.71. The lowest BCUT2D eigenvalue weighted by molar-refractivity contribution is -0.116. The molecule has 0 radical (unpaired) electrons. The lowest BCUT2D eigenvalue weighted by Gasteiger charge is -1.98. The zero-order valence-corrected chi connectivity index (χ0v) is 7.42. The van der Waals surface area contributed by atoms with E-state index in [0.29, 0.717) is 6.04 Å². The quantitative estimate of drug-likeness (QED) is 0.630. The summed E-state index contributed by atoms with van der Waals surface area (Å²) in [6.45, 7) is 1.87. The van der Waals surface area contributed by atoms with E-state index in [0.717, 1.165) is 11.8 Å². The average molecular weight is 165 g/mol. The van der Waals surface area contributed by atoms with Crippen LogP contribution in [0.1, 0.15) is 26.2 Å².